The highest BCUT2D eigenvalue weighted by Crippen LogP contribution is 2.27. The molecule has 2 rings (SSSR count). The van der Waals surface area contributed by atoms with Gasteiger partial charge >= 0.3 is 0 Å². The Kier molecular flexibility index (Phi) is 3.63. The van der Waals surface area contributed by atoms with Crippen molar-refractivity contribution in [2.45, 2.75) is 38.4 Å². The first-order valence-electron chi connectivity index (χ1n) is 6.37. The smallest absolute Gasteiger partial charge is 0.241 e. The fraction of sp³-hybridized carbons (Fsp3) is 0.571. The first-order valence-corrected chi connectivity index (χ1v) is 6.37. The monoisotopic (exact) mass is 261 g/mol. The van der Waals surface area contributed by atoms with Gasteiger partial charge < -0.3 is 9.32 Å². The lowest BCUT2D eigenvalue weighted by molar-refractivity contribution is -0.151. The van der Waals surface area contributed by atoms with Crippen molar-refractivity contribution in [3.63, 3.8) is 0 Å². The minimum absolute atomic E-state index is 0.00306. The standard InChI is InChI=1S/C14H19N3O2/c1-14(2)10-16(3)12(6-7-15)13(18)17(14)9-11-5-4-8-19-11/h4-5,8,12H,6,9-10H2,1-3H3. The summed E-state index contributed by atoms with van der Waals surface area (Å²) in [5.74, 6) is 0.762. The van der Waals surface area contributed by atoms with Crippen LogP contribution in [0.5, 0.6) is 0 Å². The molecule has 1 aliphatic heterocycles. The number of nitrogens with zero attached hydrogens (tertiary/aromatic N) is 3. The first-order chi connectivity index (χ1) is 8.95. The molecule has 1 aromatic heterocycles. The molecular formula is C14H19N3O2. The topological polar surface area (TPSA) is 60.5 Å². The molecular weight excluding hydrogens is 242 g/mol. The zero-order valence-electron chi connectivity index (χ0n) is 11.6. The van der Waals surface area contributed by atoms with E-state index in [-0.39, 0.29) is 23.9 Å². The molecule has 1 saturated heterocycles. The molecule has 0 aromatic carbocycles. The van der Waals surface area contributed by atoms with Crippen LogP contribution >= 0.6 is 0 Å². The average molecular weight is 261 g/mol. The molecule has 0 bridgehead atoms. The van der Waals surface area contributed by atoms with E-state index in [2.05, 4.69) is 6.07 Å². The number of likely N-dealkylation sites (N-methyl/N-ethyl adjacent to an activating group) is 1. The molecule has 5 heteroatoms. The molecule has 1 unspecified atom stereocenters. The SMILES string of the molecule is CN1CC(C)(C)N(Cc2ccco2)C(=O)C1CC#N. The predicted molar refractivity (Wildman–Crippen MR) is 70.0 cm³/mol. The molecule has 2 heterocycles. The van der Waals surface area contributed by atoms with E-state index in [4.69, 9.17) is 9.68 Å². The van der Waals surface area contributed by atoms with Crippen LogP contribution in [-0.4, -0.2) is 40.9 Å². The van der Waals surface area contributed by atoms with E-state index < -0.39 is 0 Å². The zero-order valence-corrected chi connectivity index (χ0v) is 11.6. The number of piperazine rings is 1. The maximum Gasteiger partial charge on any atom is 0.241 e. The third kappa shape index (κ3) is 2.64. The van der Waals surface area contributed by atoms with Crippen molar-refractivity contribution < 1.29 is 9.21 Å². The molecule has 1 atom stereocenters. The van der Waals surface area contributed by atoms with Crippen molar-refractivity contribution in [3.05, 3.63) is 24.2 Å². The van der Waals surface area contributed by atoms with Gasteiger partial charge in [0.15, 0.2) is 0 Å². The normalized spacial score (nSPS) is 23.4. The summed E-state index contributed by atoms with van der Waals surface area (Å²) in [5.41, 5.74) is -0.273. The lowest BCUT2D eigenvalue weighted by Gasteiger charge is -2.48. The number of rotatable bonds is 3. The second-order valence-electron chi connectivity index (χ2n) is 5.61. The lowest BCUT2D eigenvalue weighted by Crippen LogP contribution is -2.64. The summed E-state index contributed by atoms with van der Waals surface area (Å²) in [7, 11) is 1.89. The zero-order chi connectivity index (χ0) is 14.0. The summed E-state index contributed by atoms with van der Waals surface area (Å²) in [6.07, 6.45) is 1.83. The van der Waals surface area contributed by atoms with Gasteiger partial charge in [0.1, 0.15) is 11.8 Å². The van der Waals surface area contributed by atoms with Gasteiger partial charge in [0, 0.05) is 6.54 Å². The number of furan rings is 1. The fourth-order valence-electron chi connectivity index (χ4n) is 2.65. The summed E-state index contributed by atoms with van der Waals surface area (Å²) in [5, 5.41) is 8.86. The van der Waals surface area contributed by atoms with Crippen molar-refractivity contribution >= 4 is 5.91 Å². The Bertz CT molecular complexity index is 487. The summed E-state index contributed by atoms with van der Waals surface area (Å²) in [6.45, 7) is 5.26. The number of carbonyl (C=O) groups is 1. The Balaban J connectivity index is 2.23. The highest BCUT2D eigenvalue weighted by atomic mass is 16.3. The van der Waals surface area contributed by atoms with Gasteiger partial charge in [-0.1, -0.05) is 0 Å². The number of carbonyl (C=O) groups excluding carboxylic acids is 1. The Morgan fingerprint density at radius 3 is 2.89 bits per heavy atom. The second-order valence-corrected chi connectivity index (χ2v) is 5.61. The maximum absolute atomic E-state index is 12.6. The Labute approximate surface area is 113 Å². The Morgan fingerprint density at radius 2 is 2.32 bits per heavy atom. The number of hydrogen-bond donors (Lipinski definition) is 0. The first kappa shape index (κ1) is 13.6. The summed E-state index contributed by atoms with van der Waals surface area (Å²) < 4.78 is 5.33. The Morgan fingerprint density at radius 1 is 1.58 bits per heavy atom. The van der Waals surface area contributed by atoms with E-state index in [1.54, 1.807) is 6.26 Å². The van der Waals surface area contributed by atoms with Crippen LogP contribution in [0.4, 0.5) is 0 Å². The van der Waals surface area contributed by atoms with Gasteiger partial charge in [-0.15, -0.1) is 0 Å². The predicted octanol–water partition coefficient (Wildman–Crippen LogP) is 1.61. The van der Waals surface area contributed by atoms with Gasteiger partial charge in [0.2, 0.25) is 5.91 Å². The van der Waals surface area contributed by atoms with Crippen LogP contribution in [0.25, 0.3) is 0 Å². The molecule has 5 nitrogen and oxygen atoms in total. The van der Waals surface area contributed by atoms with Gasteiger partial charge in [-0.05, 0) is 33.0 Å². The molecule has 1 fully saturated rings. The van der Waals surface area contributed by atoms with E-state index in [1.165, 1.54) is 0 Å². The van der Waals surface area contributed by atoms with Crippen LogP contribution in [0.3, 0.4) is 0 Å². The molecule has 0 N–H and O–H groups in total. The minimum Gasteiger partial charge on any atom is -0.467 e. The number of hydrogen-bond acceptors (Lipinski definition) is 4. The van der Waals surface area contributed by atoms with Crippen LogP contribution in [0.15, 0.2) is 22.8 Å². The lowest BCUT2D eigenvalue weighted by atomic mass is 9.94. The summed E-state index contributed by atoms with van der Waals surface area (Å²) in [6, 6.07) is 5.42. The van der Waals surface area contributed by atoms with Crippen molar-refractivity contribution in [1.82, 2.24) is 9.80 Å². The van der Waals surface area contributed by atoms with Gasteiger partial charge in [0.05, 0.1) is 30.8 Å². The molecule has 0 spiro atoms. The van der Waals surface area contributed by atoms with E-state index in [1.807, 2.05) is 42.8 Å². The van der Waals surface area contributed by atoms with E-state index >= 15 is 0 Å². The van der Waals surface area contributed by atoms with Gasteiger partial charge in [-0.25, -0.2) is 0 Å². The van der Waals surface area contributed by atoms with Crippen molar-refractivity contribution in [2.75, 3.05) is 13.6 Å². The highest BCUT2D eigenvalue weighted by molar-refractivity contribution is 5.83. The van der Waals surface area contributed by atoms with Crippen molar-refractivity contribution in [1.29, 1.82) is 5.26 Å². The molecule has 19 heavy (non-hydrogen) atoms. The molecule has 0 saturated carbocycles. The molecule has 1 amide bonds. The quantitative estimate of drug-likeness (QED) is 0.829. The maximum atomic E-state index is 12.6. The molecule has 102 valence electrons. The molecule has 1 aliphatic rings. The van der Waals surface area contributed by atoms with E-state index in [0.717, 1.165) is 12.3 Å². The summed E-state index contributed by atoms with van der Waals surface area (Å²) >= 11 is 0. The third-order valence-electron chi connectivity index (χ3n) is 3.63. The van der Waals surface area contributed by atoms with Crippen LogP contribution in [0, 0.1) is 11.3 Å². The highest BCUT2D eigenvalue weighted by Gasteiger charge is 2.43. The van der Waals surface area contributed by atoms with Crippen LogP contribution in [0.1, 0.15) is 26.0 Å². The van der Waals surface area contributed by atoms with E-state index in [9.17, 15) is 4.79 Å². The van der Waals surface area contributed by atoms with Gasteiger partial charge in [-0.3, -0.25) is 9.69 Å². The number of nitriles is 1. The van der Waals surface area contributed by atoms with Crippen LogP contribution in [-0.2, 0) is 11.3 Å². The average Bonchev–Trinajstić information content (AvgIpc) is 2.82. The van der Waals surface area contributed by atoms with Gasteiger partial charge in [-0.2, -0.15) is 5.26 Å². The molecule has 1 aromatic rings. The molecule has 0 radical (unpaired) electrons. The van der Waals surface area contributed by atoms with Crippen molar-refractivity contribution in [3.8, 4) is 6.07 Å². The largest absolute Gasteiger partial charge is 0.467 e. The summed E-state index contributed by atoms with van der Waals surface area (Å²) in [4.78, 5) is 16.3. The van der Waals surface area contributed by atoms with E-state index in [0.29, 0.717) is 6.54 Å². The molecule has 0 aliphatic carbocycles. The second kappa shape index (κ2) is 5.06. The minimum atomic E-state index is -0.354. The van der Waals surface area contributed by atoms with Crippen LogP contribution in [0.2, 0.25) is 0 Å². The Hall–Kier alpha value is -1.80. The number of amides is 1. The van der Waals surface area contributed by atoms with Gasteiger partial charge in [0.25, 0.3) is 0 Å². The fourth-order valence-corrected chi connectivity index (χ4v) is 2.65. The van der Waals surface area contributed by atoms with Crippen LogP contribution < -0.4 is 0 Å². The van der Waals surface area contributed by atoms with Crippen molar-refractivity contribution in [2.24, 2.45) is 0 Å². The third-order valence-corrected chi connectivity index (χ3v) is 3.63.